The highest BCUT2D eigenvalue weighted by Crippen LogP contribution is 2.19. The fourth-order valence-corrected chi connectivity index (χ4v) is 2.55. The molecule has 0 radical (unpaired) electrons. The molecule has 0 aliphatic heterocycles. The van der Waals surface area contributed by atoms with Gasteiger partial charge in [0.25, 0.3) is 0 Å². The molecule has 0 saturated heterocycles. The zero-order valence-corrected chi connectivity index (χ0v) is 13.2. The van der Waals surface area contributed by atoms with Crippen LogP contribution >= 0.6 is 0 Å². The van der Waals surface area contributed by atoms with E-state index in [-0.39, 0.29) is 6.04 Å². The molecule has 0 fully saturated rings. The van der Waals surface area contributed by atoms with E-state index in [1.807, 2.05) is 12.3 Å². The average molecular weight is 277 g/mol. The first-order valence-electron chi connectivity index (χ1n) is 8.16. The van der Waals surface area contributed by atoms with Crippen molar-refractivity contribution in [3.05, 3.63) is 29.6 Å². The molecule has 0 aromatic carbocycles. The average Bonchev–Trinajstić information content (AvgIpc) is 2.46. The maximum atomic E-state index is 5.66. The van der Waals surface area contributed by atoms with Crippen molar-refractivity contribution in [2.45, 2.75) is 77.7 Å². The molecule has 0 aliphatic rings. The molecule has 0 bridgehead atoms. The van der Waals surface area contributed by atoms with Crippen molar-refractivity contribution in [1.82, 2.24) is 10.4 Å². The molecule has 1 aromatic heterocycles. The van der Waals surface area contributed by atoms with E-state index in [9.17, 15) is 0 Å². The predicted octanol–water partition coefficient (Wildman–Crippen LogP) is 4.43. The van der Waals surface area contributed by atoms with Gasteiger partial charge in [-0.25, -0.2) is 0 Å². The first-order chi connectivity index (χ1) is 9.77. The molecule has 3 N–H and O–H groups in total. The third-order valence-electron chi connectivity index (χ3n) is 3.84. The fourth-order valence-electron chi connectivity index (χ4n) is 2.55. The van der Waals surface area contributed by atoms with Gasteiger partial charge in [-0.2, -0.15) is 0 Å². The van der Waals surface area contributed by atoms with E-state index in [1.165, 1.54) is 56.9 Å². The summed E-state index contributed by atoms with van der Waals surface area (Å²) in [6.45, 7) is 4.36. The molecule has 1 heterocycles. The van der Waals surface area contributed by atoms with E-state index in [2.05, 4.69) is 30.3 Å². The lowest BCUT2D eigenvalue weighted by molar-refractivity contribution is 0.466. The second kappa shape index (κ2) is 10.8. The number of pyridine rings is 1. The van der Waals surface area contributed by atoms with Gasteiger partial charge in [0.15, 0.2) is 0 Å². The lowest BCUT2D eigenvalue weighted by Gasteiger charge is -2.15. The summed E-state index contributed by atoms with van der Waals surface area (Å²) >= 11 is 0. The fraction of sp³-hybridized carbons (Fsp3) is 0.706. The highest BCUT2D eigenvalue weighted by Gasteiger charge is 2.10. The van der Waals surface area contributed by atoms with Crippen LogP contribution < -0.4 is 11.3 Å². The molecule has 3 nitrogen and oxygen atoms in total. The molecule has 0 saturated carbocycles. The minimum Gasteiger partial charge on any atom is -0.271 e. The normalized spacial score (nSPS) is 12.6. The van der Waals surface area contributed by atoms with Crippen molar-refractivity contribution in [2.24, 2.45) is 5.84 Å². The highest BCUT2D eigenvalue weighted by atomic mass is 15.2. The van der Waals surface area contributed by atoms with Crippen LogP contribution in [0.15, 0.2) is 18.3 Å². The first-order valence-corrected chi connectivity index (χ1v) is 8.16. The van der Waals surface area contributed by atoms with Crippen molar-refractivity contribution < 1.29 is 0 Å². The predicted molar refractivity (Wildman–Crippen MR) is 86.3 cm³/mol. The Kier molecular flexibility index (Phi) is 9.25. The van der Waals surface area contributed by atoms with Gasteiger partial charge in [0, 0.05) is 6.20 Å². The molecule has 1 aromatic rings. The van der Waals surface area contributed by atoms with Gasteiger partial charge in [0.1, 0.15) is 0 Å². The maximum absolute atomic E-state index is 5.66. The Morgan fingerprint density at radius 2 is 1.75 bits per heavy atom. The number of nitrogens with two attached hydrogens (primary N) is 1. The van der Waals surface area contributed by atoms with Crippen LogP contribution in [0.1, 0.15) is 82.0 Å². The van der Waals surface area contributed by atoms with E-state index < -0.39 is 0 Å². The van der Waals surface area contributed by atoms with Crippen LogP contribution in [0, 0.1) is 6.92 Å². The van der Waals surface area contributed by atoms with Crippen molar-refractivity contribution >= 4 is 0 Å². The van der Waals surface area contributed by atoms with Crippen molar-refractivity contribution in [3.63, 3.8) is 0 Å². The molecule has 0 spiro atoms. The molecule has 1 unspecified atom stereocenters. The van der Waals surface area contributed by atoms with E-state index in [1.54, 1.807) is 0 Å². The van der Waals surface area contributed by atoms with Gasteiger partial charge < -0.3 is 0 Å². The monoisotopic (exact) mass is 277 g/mol. The topological polar surface area (TPSA) is 50.9 Å². The summed E-state index contributed by atoms with van der Waals surface area (Å²) in [5.41, 5.74) is 5.21. The molecule has 0 amide bonds. The molecule has 1 atom stereocenters. The standard InChI is InChI=1S/C17H31N3/c1-3-4-5-6-7-8-9-10-11-16(20-18)17-14-15(2)12-13-19-17/h12-14,16,20H,3-11,18H2,1-2H3. The van der Waals surface area contributed by atoms with Crippen LogP contribution in [-0.4, -0.2) is 4.98 Å². The Bertz CT molecular complexity index is 352. The van der Waals surface area contributed by atoms with Gasteiger partial charge in [-0.3, -0.25) is 16.3 Å². The number of aryl methyl sites for hydroxylation is 1. The number of nitrogens with one attached hydrogen (secondary N) is 1. The largest absolute Gasteiger partial charge is 0.271 e. The van der Waals surface area contributed by atoms with Gasteiger partial charge in [-0.15, -0.1) is 0 Å². The summed E-state index contributed by atoms with van der Waals surface area (Å²) in [5.74, 6) is 5.66. The van der Waals surface area contributed by atoms with Crippen LogP contribution in [-0.2, 0) is 0 Å². The zero-order valence-electron chi connectivity index (χ0n) is 13.2. The summed E-state index contributed by atoms with van der Waals surface area (Å²) in [7, 11) is 0. The Morgan fingerprint density at radius 1 is 1.10 bits per heavy atom. The van der Waals surface area contributed by atoms with Crippen LogP contribution in [0.3, 0.4) is 0 Å². The summed E-state index contributed by atoms with van der Waals surface area (Å²) in [6, 6.07) is 4.33. The van der Waals surface area contributed by atoms with Gasteiger partial charge >= 0.3 is 0 Å². The number of rotatable bonds is 11. The third-order valence-corrected chi connectivity index (χ3v) is 3.84. The van der Waals surface area contributed by atoms with E-state index in [0.29, 0.717) is 0 Å². The maximum Gasteiger partial charge on any atom is 0.0632 e. The minimum absolute atomic E-state index is 0.190. The van der Waals surface area contributed by atoms with Gasteiger partial charge in [0.05, 0.1) is 11.7 Å². The summed E-state index contributed by atoms with van der Waals surface area (Å²) in [4.78, 5) is 4.42. The van der Waals surface area contributed by atoms with E-state index >= 15 is 0 Å². The molecule has 1 rings (SSSR count). The molecular formula is C17H31N3. The Balaban J connectivity index is 2.16. The SMILES string of the molecule is CCCCCCCCCCC(NN)c1cc(C)ccn1. The minimum atomic E-state index is 0.190. The summed E-state index contributed by atoms with van der Waals surface area (Å²) < 4.78 is 0. The van der Waals surface area contributed by atoms with Crippen LogP contribution in [0.5, 0.6) is 0 Å². The second-order valence-corrected chi connectivity index (χ2v) is 5.74. The first kappa shape index (κ1) is 17.1. The number of hydrazine groups is 1. The number of nitrogens with zero attached hydrogens (tertiary/aromatic N) is 1. The number of unbranched alkanes of at least 4 members (excludes halogenated alkanes) is 7. The number of hydrogen-bond acceptors (Lipinski definition) is 3. The highest BCUT2D eigenvalue weighted by molar-refractivity contribution is 5.17. The molecule has 114 valence electrons. The van der Waals surface area contributed by atoms with Crippen LogP contribution in [0.4, 0.5) is 0 Å². The quantitative estimate of drug-likeness (QED) is 0.357. The number of aromatic nitrogens is 1. The Morgan fingerprint density at radius 3 is 2.35 bits per heavy atom. The molecule has 3 heteroatoms. The van der Waals surface area contributed by atoms with Gasteiger partial charge in [-0.05, 0) is 31.0 Å². The van der Waals surface area contributed by atoms with Crippen LogP contribution in [0.25, 0.3) is 0 Å². The summed E-state index contributed by atoms with van der Waals surface area (Å²) in [6.07, 6.45) is 13.7. The number of hydrogen-bond donors (Lipinski definition) is 2. The molecule has 20 heavy (non-hydrogen) atoms. The van der Waals surface area contributed by atoms with Crippen LogP contribution in [0.2, 0.25) is 0 Å². The smallest absolute Gasteiger partial charge is 0.0632 e. The van der Waals surface area contributed by atoms with Crippen molar-refractivity contribution in [3.8, 4) is 0 Å². The lowest BCUT2D eigenvalue weighted by atomic mass is 10.0. The Labute approximate surface area is 124 Å². The second-order valence-electron chi connectivity index (χ2n) is 5.74. The molecular weight excluding hydrogens is 246 g/mol. The molecule has 0 aliphatic carbocycles. The lowest BCUT2D eigenvalue weighted by Crippen LogP contribution is -2.28. The summed E-state index contributed by atoms with van der Waals surface area (Å²) in [5, 5.41) is 0. The van der Waals surface area contributed by atoms with Crippen molar-refractivity contribution in [2.75, 3.05) is 0 Å². The van der Waals surface area contributed by atoms with E-state index in [0.717, 1.165) is 12.1 Å². The zero-order chi connectivity index (χ0) is 14.6. The van der Waals surface area contributed by atoms with Gasteiger partial charge in [-0.1, -0.05) is 58.3 Å². The third kappa shape index (κ3) is 7.01. The van der Waals surface area contributed by atoms with Crippen molar-refractivity contribution in [1.29, 1.82) is 0 Å². The Hall–Kier alpha value is -0.930. The van der Waals surface area contributed by atoms with E-state index in [4.69, 9.17) is 5.84 Å². The van der Waals surface area contributed by atoms with Gasteiger partial charge in [0.2, 0.25) is 0 Å².